The molecule has 0 saturated heterocycles. The molecule has 23 heavy (non-hydrogen) atoms. The van der Waals surface area contributed by atoms with Crippen molar-refractivity contribution in [1.82, 2.24) is 20.0 Å². The number of ether oxygens (including phenoxy) is 1. The summed E-state index contributed by atoms with van der Waals surface area (Å²) in [5.41, 5.74) is 2.11. The van der Waals surface area contributed by atoms with Gasteiger partial charge in [-0.15, -0.1) is 5.10 Å². The van der Waals surface area contributed by atoms with Gasteiger partial charge in [0.15, 0.2) is 6.29 Å². The molecule has 3 aromatic rings. The number of carbonyl (C=O) groups excluding carboxylic acids is 1. The van der Waals surface area contributed by atoms with Crippen molar-refractivity contribution in [3.8, 4) is 11.6 Å². The molecule has 1 saturated carbocycles. The highest BCUT2D eigenvalue weighted by Gasteiger charge is 2.24. The van der Waals surface area contributed by atoms with E-state index in [9.17, 15) is 4.79 Å². The topological polar surface area (TPSA) is 69.9 Å². The smallest absolute Gasteiger partial charge is 0.229 e. The standard InChI is InChI=1S/C16H13BrN4O2/c17-14-13(23-16-11(9-22)2-1-7-18-16)6-5-12-15(14)19-20-21(12)8-10-3-4-10/h1-2,5-7,9-10H,3-4,8H2. The molecule has 2 heterocycles. The lowest BCUT2D eigenvalue weighted by Gasteiger charge is -2.08. The lowest BCUT2D eigenvalue weighted by molar-refractivity contribution is 0.112. The molecular formula is C16H13BrN4O2. The summed E-state index contributed by atoms with van der Waals surface area (Å²) < 4.78 is 8.41. The van der Waals surface area contributed by atoms with E-state index in [1.165, 1.54) is 12.8 Å². The van der Waals surface area contributed by atoms with Crippen LogP contribution in [-0.4, -0.2) is 26.3 Å². The van der Waals surface area contributed by atoms with Crippen molar-refractivity contribution in [1.29, 1.82) is 0 Å². The Balaban J connectivity index is 1.70. The quantitative estimate of drug-likeness (QED) is 0.639. The van der Waals surface area contributed by atoms with Crippen molar-refractivity contribution >= 4 is 33.2 Å². The summed E-state index contributed by atoms with van der Waals surface area (Å²) in [6, 6.07) is 7.12. The second-order valence-electron chi connectivity index (χ2n) is 5.58. The largest absolute Gasteiger partial charge is 0.437 e. The lowest BCUT2D eigenvalue weighted by atomic mass is 10.2. The van der Waals surface area contributed by atoms with Crippen LogP contribution in [0.4, 0.5) is 0 Å². The summed E-state index contributed by atoms with van der Waals surface area (Å²) in [5.74, 6) is 1.55. The molecular weight excluding hydrogens is 360 g/mol. The maximum atomic E-state index is 11.1. The fourth-order valence-corrected chi connectivity index (χ4v) is 2.92. The Morgan fingerprint density at radius 2 is 2.22 bits per heavy atom. The van der Waals surface area contributed by atoms with Crippen LogP contribution in [0, 0.1) is 5.92 Å². The van der Waals surface area contributed by atoms with Crippen LogP contribution in [0.3, 0.4) is 0 Å². The third-order valence-corrected chi connectivity index (χ3v) is 4.62. The number of rotatable bonds is 5. The van der Waals surface area contributed by atoms with Crippen molar-refractivity contribution in [3.63, 3.8) is 0 Å². The van der Waals surface area contributed by atoms with Crippen LogP contribution < -0.4 is 4.74 Å². The molecule has 0 atom stereocenters. The number of halogens is 1. The number of nitrogens with zero attached hydrogens (tertiary/aromatic N) is 4. The van der Waals surface area contributed by atoms with Crippen molar-refractivity contribution < 1.29 is 9.53 Å². The molecule has 0 N–H and O–H groups in total. The van der Waals surface area contributed by atoms with E-state index < -0.39 is 0 Å². The van der Waals surface area contributed by atoms with Gasteiger partial charge in [-0.1, -0.05) is 5.21 Å². The average molecular weight is 373 g/mol. The predicted molar refractivity (Wildman–Crippen MR) is 87.7 cm³/mol. The lowest BCUT2D eigenvalue weighted by Crippen LogP contribution is -2.01. The molecule has 1 aromatic carbocycles. The minimum Gasteiger partial charge on any atom is -0.437 e. The molecule has 116 valence electrons. The first-order valence-corrected chi connectivity index (χ1v) is 8.15. The van der Waals surface area contributed by atoms with E-state index >= 15 is 0 Å². The van der Waals surface area contributed by atoms with Gasteiger partial charge < -0.3 is 4.74 Å². The second kappa shape index (κ2) is 5.73. The van der Waals surface area contributed by atoms with Crippen LogP contribution in [-0.2, 0) is 6.54 Å². The average Bonchev–Trinajstić information content (AvgIpc) is 3.29. The zero-order valence-corrected chi connectivity index (χ0v) is 13.7. The summed E-state index contributed by atoms with van der Waals surface area (Å²) in [5, 5.41) is 8.47. The first kappa shape index (κ1) is 14.3. The van der Waals surface area contributed by atoms with Crippen molar-refractivity contribution in [2.75, 3.05) is 0 Å². The van der Waals surface area contributed by atoms with E-state index in [0.717, 1.165) is 29.8 Å². The predicted octanol–water partition coefficient (Wildman–Crippen LogP) is 3.60. The van der Waals surface area contributed by atoms with Crippen LogP contribution in [0.1, 0.15) is 23.2 Å². The van der Waals surface area contributed by atoms with Gasteiger partial charge >= 0.3 is 0 Å². The third kappa shape index (κ3) is 2.72. The van der Waals surface area contributed by atoms with Gasteiger partial charge in [-0.3, -0.25) is 4.79 Å². The van der Waals surface area contributed by atoms with E-state index in [2.05, 4.69) is 31.2 Å². The summed E-state index contributed by atoms with van der Waals surface area (Å²) >= 11 is 3.52. The molecule has 4 rings (SSSR count). The number of hydrogen-bond acceptors (Lipinski definition) is 5. The van der Waals surface area contributed by atoms with Gasteiger partial charge in [-0.05, 0) is 59.0 Å². The Kier molecular flexibility index (Phi) is 3.57. The van der Waals surface area contributed by atoms with Gasteiger partial charge in [0.25, 0.3) is 0 Å². The molecule has 1 fully saturated rings. The highest BCUT2D eigenvalue weighted by molar-refractivity contribution is 9.10. The van der Waals surface area contributed by atoms with Gasteiger partial charge in [-0.2, -0.15) is 0 Å². The van der Waals surface area contributed by atoms with Crippen LogP contribution in [0.5, 0.6) is 11.6 Å². The van der Waals surface area contributed by atoms with Crippen molar-refractivity contribution in [2.45, 2.75) is 19.4 Å². The van der Waals surface area contributed by atoms with Gasteiger partial charge in [-0.25, -0.2) is 9.67 Å². The van der Waals surface area contributed by atoms with E-state index in [0.29, 0.717) is 15.8 Å². The minimum absolute atomic E-state index is 0.271. The number of aromatic nitrogens is 4. The second-order valence-corrected chi connectivity index (χ2v) is 6.37. The Hall–Kier alpha value is -2.28. The van der Waals surface area contributed by atoms with Crippen LogP contribution in [0.25, 0.3) is 11.0 Å². The Morgan fingerprint density at radius 1 is 1.35 bits per heavy atom. The summed E-state index contributed by atoms with van der Waals surface area (Å²) in [7, 11) is 0. The van der Waals surface area contributed by atoms with Gasteiger partial charge in [0.2, 0.25) is 5.88 Å². The summed E-state index contributed by atoms with van der Waals surface area (Å²) in [4.78, 5) is 15.2. The van der Waals surface area contributed by atoms with Crippen LogP contribution in [0.15, 0.2) is 34.9 Å². The van der Waals surface area contributed by atoms with Gasteiger partial charge in [0, 0.05) is 12.7 Å². The zero-order valence-electron chi connectivity index (χ0n) is 12.1. The summed E-state index contributed by atoms with van der Waals surface area (Å²) in [6.07, 6.45) is 4.83. The third-order valence-electron chi connectivity index (χ3n) is 3.85. The highest BCUT2D eigenvalue weighted by atomic mass is 79.9. The zero-order chi connectivity index (χ0) is 15.8. The number of aldehydes is 1. The van der Waals surface area contributed by atoms with Crippen LogP contribution in [0.2, 0.25) is 0 Å². The first-order chi connectivity index (χ1) is 11.3. The molecule has 6 nitrogen and oxygen atoms in total. The molecule has 0 bridgehead atoms. The number of carbonyl (C=O) groups is 1. The Labute approximate surface area is 140 Å². The van der Waals surface area contributed by atoms with Crippen molar-refractivity contribution in [3.05, 3.63) is 40.5 Å². The normalized spacial score (nSPS) is 14.1. The van der Waals surface area contributed by atoms with E-state index in [1.54, 1.807) is 18.3 Å². The molecule has 1 aliphatic carbocycles. The number of fused-ring (bicyclic) bond motifs is 1. The molecule has 2 aromatic heterocycles. The van der Waals surface area contributed by atoms with E-state index in [1.807, 2.05) is 16.8 Å². The molecule has 0 radical (unpaired) electrons. The van der Waals surface area contributed by atoms with Gasteiger partial charge in [0.1, 0.15) is 11.3 Å². The number of hydrogen-bond donors (Lipinski definition) is 0. The molecule has 0 amide bonds. The van der Waals surface area contributed by atoms with E-state index in [-0.39, 0.29) is 5.88 Å². The van der Waals surface area contributed by atoms with Crippen LogP contribution >= 0.6 is 15.9 Å². The SMILES string of the molecule is O=Cc1cccnc1Oc1ccc2c(nnn2CC2CC2)c1Br. The maximum Gasteiger partial charge on any atom is 0.229 e. The highest BCUT2D eigenvalue weighted by Crippen LogP contribution is 2.36. The fourth-order valence-electron chi connectivity index (χ4n) is 2.43. The monoisotopic (exact) mass is 372 g/mol. The fraction of sp³-hybridized carbons (Fsp3) is 0.250. The Bertz CT molecular complexity index is 889. The minimum atomic E-state index is 0.271. The van der Waals surface area contributed by atoms with Gasteiger partial charge in [0.05, 0.1) is 15.6 Å². The molecule has 7 heteroatoms. The molecule has 0 aliphatic heterocycles. The number of benzene rings is 1. The maximum absolute atomic E-state index is 11.1. The molecule has 0 unspecified atom stereocenters. The van der Waals surface area contributed by atoms with Crippen molar-refractivity contribution in [2.24, 2.45) is 5.92 Å². The van der Waals surface area contributed by atoms with E-state index in [4.69, 9.17) is 4.74 Å². The number of pyridine rings is 1. The molecule has 1 aliphatic rings. The molecule has 0 spiro atoms. The summed E-state index contributed by atoms with van der Waals surface area (Å²) in [6.45, 7) is 0.901. The Morgan fingerprint density at radius 3 is 3.00 bits per heavy atom. The first-order valence-electron chi connectivity index (χ1n) is 7.36.